The summed E-state index contributed by atoms with van der Waals surface area (Å²) in [6, 6.07) is 8.95. The van der Waals surface area contributed by atoms with E-state index < -0.39 is 0 Å². The highest BCUT2D eigenvalue weighted by Crippen LogP contribution is 2.25. The summed E-state index contributed by atoms with van der Waals surface area (Å²) < 4.78 is 0. The monoisotopic (exact) mass is 273 g/mol. The van der Waals surface area contributed by atoms with E-state index in [2.05, 4.69) is 51.8 Å². The minimum absolute atomic E-state index is 0.250. The first kappa shape index (κ1) is 12.5. The third-order valence-corrected chi connectivity index (χ3v) is 4.20. The standard InChI is InChI=1S/C15H19N3S/c1-12(15-10-19-11-16-15)17-13-5-4-6-14(9-13)18-7-2-3-8-18/h4-6,9-12,17H,2-3,7-8H2,1H3. The third kappa shape index (κ3) is 2.89. The molecule has 2 heterocycles. The topological polar surface area (TPSA) is 28.2 Å². The summed E-state index contributed by atoms with van der Waals surface area (Å²) in [5.41, 5.74) is 5.49. The molecule has 3 nitrogen and oxygen atoms in total. The van der Waals surface area contributed by atoms with Gasteiger partial charge in [0.05, 0.1) is 17.2 Å². The van der Waals surface area contributed by atoms with Gasteiger partial charge in [0, 0.05) is 29.8 Å². The Morgan fingerprint density at radius 2 is 2.16 bits per heavy atom. The van der Waals surface area contributed by atoms with E-state index in [9.17, 15) is 0 Å². The van der Waals surface area contributed by atoms with Crippen LogP contribution < -0.4 is 10.2 Å². The molecular formula is C15H19N3S. The number of anilines is 2. The largest absolute Gasteiger partial charge is 0.377 e. The zero-order valence-corrected chi connectivity index (χ0v) is 12.0. The third-order valence-electron chi connectivity index (χ3n) is 3.60. The Morgan fingerprint density at radius 1 is 1.32 bits per heavy atom. The Morgan fingerprint density at radius 3 is 2.89 bits per heavy atom. The van der Waals surface area contributed by atoms with Gasteiger partial charge in [0.25, 0.3) is 0 Å². The van der Waals surface area contributed by atoms with Gasteiger partial charge in [0.1, 0.15) is 0 Å². The molecule has 1 N–H and O–H groups in total. The van der Waals surface area contributed by atoms with Crippen molar-refractivity contribution in [3.8, 4) is 0 Å². The Balaban J connectivity index is 1.72. The summed E-state index contributed by atoms with van der Waals surface area (Å²) in [6.07, 6.45) is 2.62. The van der Waals surface area contributed by atoms with Crippen LogP contribution in [0.2, 0.25) is 0 Å². The average Bonchev–Trinajstić information content (AvgIpc) is 3.13. The van der Waals surface area contributed by atoms with Crippen LogP contribution in [0.25, 0.3) is 0 Å². The van der Waals surface area contributed by atoms with E-state index in [-0.39, 0.29) is 6.04 Å². The Bertz CT molecular complexity index is 518. The summed E-state index contributed by atoms with van der Waals surface area (Å²) in [7, 11) is 0. The van der Waals surface area contributed by atoms with Crippen molar-refractivity contribution < 1.29 is 0 Å². The van der Waals surface area contributed by atoms with Crippen molar-refractivity contribution in [1.82, 2.24) is 4.98 Å². The maximum absolute atomic E-state index is 4.36. The summed E-state index contributed by atoms with van der Waals surface area (Å²) in [5.74, 6) is 0. The van der Waals surface area contributed by atoms with Crippen LogP contribution in [0.1, 0.15) is 31.5 Å². The Labute approximate surface area is 118 Å². The second kappa shape index (κ2) is 5.61. The quantitative estimate of drug-likeness (QED) is 0.915. The molecule has 4 heteroatoms. The van der Waals surface area contributed by atoms with Crippen LogP contribution in [-0.4, -0.2) is 18.1 Å². The van der Waals surface area contributed by atoms with Crippen LogP contribution in [0.5, 0.6) is 0 Å². The lowest BCUT2D eigenvalue weighted by Gasteiger charge is -2.20. The number of nitrogens with zero attached hydrogens (tertiary/aromatic N) is 2. The second-order valence-corrected chi connectivity index (χ2v) is 5.74. The molecular weight excluding hydrogens is 254 g/mol. The van der Waals surface area contributed by atoms with Gasteiger partial charge < -0.3 is 10.2 Å². The summed E-state index contributed by atoms with van der Waals surface area (Å²) in [4.78, 5) is 6.81. The SMILES string of the molecule is CC(Nc1cccc(N2CCCC2)c1)c1cscn1. The first-order valence-electron chi connectivity index (χ1n) is 6.82. The molecule has 0 amide bonds. The molecule has 3 rings (SSSR count). The number of benzene rings is 1. The van der Waals surface area contributed by atoms with E-state index in [0.29, 0.717) is 0 Å². The maximum atomic E-state index is 4.36. The van der Waals surface area contributed by atoms with Gasteiger partial charge in [-0.25, -0.2) is 4.98 Å². The van der Waals surface area contributed by atoms with Crippen LogP contribution >= 0.6 is 11.3 Å². The smallest absolute Gasteiger partial charge is 0.0795 e. The molecule has 19 heavy (non-hydrogen) atoms. The van der Waals surface area contributed by atoms with E-state index >= 15 is 0 Å². The zero-order valence-electron chi connectivity index (χ0n) is 11.2. The average molecular weight is 273 g/mol. The molecule has 100 valence electrons. The van der Waals surface area contributed by atoms with Crippen LogP contribution in [0.15, 0.2) is 35.2 Å². The molecule has 2 aromatic rings. The van der Waals surface area contributed by atoms with Crippen molar-refractivity contribution in [3.63, 3.8) is 0 Å². The molecule has 0 aliphatic carbocycles. The number of hydrogen-bond donors (Lipinski definition) is 1. The molecule has 1 aliphatic rings. The highest BCUT2D eigenvalue weighted by molar-refractivity contribution is 7.07. The lowest BCUT2D eigenvalue weighted by atomic mass is 10.2. The van der Waals surface area contributed by atoms with Gasteiger partial charge in [-0.05, 0) is 38.0 Å². The predicted molar refractivity (Wildman–Crippen MR) is 82.0 cm³/mol. The number of hydrogen-bond acceptors (Lipinski definition) is 4. The van der Waals surface area contributed by atoms with Gasteiger partial charge in [0.15, 0.2) is 0 Å². The zero-order chi connectivity index (χ0) is 13.1. The van der Waals surface area contributed by atoms with Crippen molar-refractivity contribution in [2.24, 2.45) is 0 Å². The first-order valence-corrected chi connectivity index (χ1v) is 7.77. The molecule has 0 spiro atoms. The molecule has 1 atom stereocenters. The van der Waals surface area contributed by atoms with Gasteiger partial charge in [-0.2, -0.15) is 0 Å². The maximum Gasteiger partial charge on any atom is 0.0795 e. The highest BCUT2D eigenvalue weighted by atomic mass is 32.1. The van der Waals surface area contributed by atoms with E-state index in [4.69, 9.17) is 0 Å². The van der Waals surface area contributed by atoms with E-state index in [0.717, 1.165) is 5.69 Å². The first-order chi connectivity index (χ1) is 9.33. The van der Waals surface area contributed by atoms with Crippen molar-refractivity contribution >= 4 is 22.7 Å². The van der Waals surface area contributed by atoms with Crippen molar-refractivity contribution in [1.29, 1.82) is 0 Å². The molecule has 1 aliphatic heterocycles. The van der Waals surface area contributed by atoms with E-state index in [1.807, 2.05) is 5.51 Å². The number of rotatable bonds is 4. The Hall–Kier alpha value is -1.55. The van der Waals surface area contributed by atoms with Crippen molar-refractivity contribution in [2.45, 2.75) is 25.8 Å². The number of thiazole rings is 1. The second-order valence-electron chi connectivity index (χ2n) is 5.02. The number of aromatic nitrogens is 1. The normalized spacial score (nSPS) is 16.6. The van der Waals surface area contributed by atoms with Gasteiger partial charge in [0.2, 0.25) is 0 Å². The summed E-state index contributed by atoms with van der Waals surface area (Å²) in [5, 5.41) is 5.62. The van der Waals surface area contributed by atoms with E-state index in [1.165, 1.54) is 37.3 Å². The van der Waals surface area contributed by atoms with Crippen LogP contribution in [0.4, 0.5) is 11.4 Å². The van der Waals surface area contributed by atoms with Crippen LogP contribution in [0, 0.1) is 0 Å². The van der Waals surface area contributed by atoms with Gasteiger partial charge in [-0.1, -0.05) is 6.07 Å². The van der Waals surface area contributed by atoms with Crippen LogP contribution in [0.3, 0.4) is 0 Å². The molecule has 0 bridgehead atoms. The molecule has 0 radical (unpaired) electrons. The molecule has 0 saturated carbocycles. The lowest BCUT2D eigenvalue weighted by Crippen LogP contribution is -2.17. The summed E-state index contributed by atoms with van der Waals surface area (Å²) >= 11 is 1.64. The summed E-state index contributed by atoms with van der Waals surface area (Å²) in [6.45, 7) is 4.52. The molecule has 1 aromatic heterocycles. The van der Waals surface area contributed by atoms with Gasteiger partial charge >= 0.3 is 0 Å². The van der Waals surface area contributed by atoms with Crippen molar-refractivity contribution in [3.05, 3.63) is 40.8 Å². The van der Waals surface area contributed by atoms with Crippen molar-refractivity contribution in [2.75, 3.05) is 23.3 Å². The minimum atomic E-state index is 0.250. The van der Waals surface area contributed by atoms with E-state index in [1.54, 1.807) is 11.3 Å². The Kier molecular flexibility index (Phi) is 3.69. The molecule has 1 unspecified atom stereocenters. The molecule has 1 aromatic carbocycles. The van der Waals surface area contributed by atoms with Gasteiger partial charge in [-0.3, -0.25) is 0 Å². The predicted octanol–water partition coefficient (Wildman–Crippen LogP) is 3.92. The molecule has 1 fully saturated rings. The molecule has 1 saturated heterocycles. The lowest BCUT2D eigenvalue weighted by molar-refractivity contribution is 0.849. The fourth-order valence-corrected chi connectivity index (χ4v) is 3.18. The van der Waals surface area contributed by atoms with Gasteiger partial charge in [-0.15, -0.1) is 11.3 Å². The fraction of sp³-hybridized carbons (Fsp3) is 0.400. The number of nitrogens with one attached hydrogen (secondary N) is 1. The minimum Gasteiger partial charge on any atom is -0.377 e. The fourth-order valence-electron chi connectivity index (χ4n) is 2.53. The van der Waals surface area contributed by atoms with Crippen LogP contribution in [-0.2, 0) is 0 Å². The highest BCUT2D eigenvalue weighted by Gasteiger charge is 2.13.